The molecular formula is C10H23NO2. The van der Waals surface area contributed by atoms with Crippen molar-refractivity contribution >= 4 is 0 Å². The second kappa shape index (κ2) is 6.35. The minimum absolute atomic E-state index is 0.208. The smallest absolute Gasteiger partial charge is 0.0741 e. The first-order valence-corrected chi connectivity index (χ1v) is 5.12. The highest BCUT2D eigenvalue weighted by atomic mass is 16.3. The number of rotatable bonds is 7. The average Bonchev–Trinajstić information content (AvgIpc) is 2.12. The predicted octanol–water partition coefficient (Wildman–Crippen LogP) is 0.898. The van der Waals surface area contributed by atoms with Crippen LogP contribution in [-0.4, -0.2) is 35.0 Å². The fourth-order valence-corrected chi connectivity index (χ4v) is 1.10. The SMILES string of the molecule is CCC(CCO)NCC(C)(O)CC. The molecule has 3 nitrogen and oxygen atoms in total. The Labute approximate surface area is 81.2 Å². The number of aliphatic hydroxyl groups is 2. The molecule has 0 heterocycles. The minimum Gasteiger partial charge on any atom is -0.396 e. The molecule has 0 spiro atoms. The molecule has 0 bridgehead atoms. The third-order valence-corrected chi connectivity index (χ3v) is 2.50. The van der Waals surface area contributed by atoms with E-state index in [1.807, 2.05) is 13.8 Å². The van der Waals surface area contributed by atoms with Gasteiger partial charge in [-0.05, 0) is 26.2 Å². The van der Waals surface area contributed by atoms with Gasteiger partial charge in [-0.15, -0.1) is 0 Å². The van der Waals surface area contributed by atoms with Crippen molar-refractivity contribution < 1.29 is 10.2 Å². The lowest BCUT2D eigenvalue weighted by Crippen LogP contribution is -2.42. The van der Waals surface area contributed by atoms with Crippen LogP contribution in [0.2, 0.25) is 0 Å². The Morgan fingerprint density at radius 2 is 2.00 bits per heavy atom. The molecule has 0 aliphatic rings. The van der Waals surface area contributed by atoms with E-state index in [1.165, 1.54) is 0 Å². The summed E-state index contributed by atoms with van der Waals surface area (Å²) < 4.78 is 0. The molecule has 0 fully saturated rings. The highest BCUT2D eigenvalue weighted by Gasteiger charge is 2.18. The zero-order valence-corrected chi connectivity index (χ0v) is 9.01. The summed E-state index contributed by atoms with van der Waals surface area (Å²) in [7, 11) is 0. The molecule has 0 radical (unpaired) electrons. The van der Waals surface area contributed by atoms with Gasteiger partial charge >= 0.3 is 0 Å². The normalized spacial score (nSPS) is 18.2. The van der Waals surface area contributed by atoms with Crippen LogP contribution in [0.1, 0.15) is 40.0 Å². The van der Waals surface area contributed by atoms with Crippen LogP contribution in [0.4, 0.5) is 0 Å². The van der Waals surface area contributed by atoms with E-state index in [0.717, 1.165) is 19.3 Å². The lowest BCUT2D eigenvalue weighted by molar-refractivity contribution is 0.0516. The first kappa shape index (κ1) is 12.9. The first-order valence-electron chi connectivity index (χ1n) is 5.12. The molecular weight excluding hydrogens is 166 g/mol. The fraction of sp³-hybridized carbons (Fsp3) is 1.00. The topological polar surface area (TPSA) is 52.5 Å². The Morgan fingerprint density at radius 1 is 1.38 bits per heavy atom. The van der Waals surface area contributed by atoms with Gasteiger partial charge in [0.2, 0.25) is 0 Å². The largest absolute Gasteiger partial charge is 0.396 e. The van der Waals surface area contributed by atoms with Gasteiger partial charge in [-0.2, -0.15) is 0 Å². The van der Waals surface area contributed by atoms with E-state index in [-0.39, 0.29) is 6.61 Å². The van der Waals surface area contributed by atoms with Crippen LogP contribution in [0, 0.1) is 0 Å². The summed E-state index contributed by atoms with van der Waals surface area (Å²) in [6, 6.07) is 0.322. The summed E-state index contributed by atoms with van der Waals surface area (Å²) in [4.78, 5) is 0. The molecule has 2 atom stereocenters. The van der Waals surface area contributed by atoms with Crippen LogP contribution >= 0.6 is 0 Å². The van der Waals surface area contributed by atoms with Crippen molar-refractivity contribution in [1.82, 2.24) is 5.32 Å². The van der Waals surface area contributed by atoms with E-state index in [9.17, 15) is 5.11 Å². The minimum atomic E-state index is -0.622. The van der Waals surface area contributed by atoms with Crippen molar-refractivity contribution in [1.29, 1.82) is 0 Å². The Bertz CT molecular complexity index is 126. The van der Waals surface area contributed by atoms with Crippen LogP contribution in [0.25, 0.3) is 0 Å². The number of hydrogen-bond donors (Lipinski definition) is 3. The molecule has 0 aromatic carbocycles. The van der Waals surface area contributed by atoms with E-state index in [2.05, 4.69) is 12.2 Å². The van der Waals surface area contributed by atoms with Gasteiger partial charge in [0, 0.05) is 19.2 Å². The predicted molar refractivity (Wildman–Crippen MR) is 54.7 cm³/mol. The van der Waals surface area contributed by atoms with Gasteiger partial charge < -0.3 is 15.5 Å². The molecule has 0 aromatic heterocycles. The number of nitrogens with one attached hydrogen (secondary N) is 1. The van der Waals surface area contributed by atoms with Gasteiger partial charge in [0.1, 0.15) is 0 Å². The van der Waals surface area contributed by atoms with Crippen molar-refractivity contribution in [3.63, 3.8) is 0 Å². The third kappa shape index (κ3) is 6.02. The summed E-state index contributed by atoms with van der Waals surface area (Å²) >= 11 is 0. The highest BCUT2D eigenvalue weighted by molar-refractivity contribution is 4.76. The van der Waals surface area contributed by atoms with Gasteiger partial charge in [-0.1, -0.05) is 13.8 Å². The number of aliphatic hydroxyl groups excluding tert-OH is 1. The van der Waals surface area contributed by atoms with E-state index < -0.39 is 5.60 Å². The first-order chi connectivity index (χ1) is 6.05. The summed E-state index contributed by atoms with van der Waals surface area (Å²) in [5, 5.41) is 21.7. The van der Waals surface area contributed by atoms with Crippen LogP contribution in [0.3, 0.4) is 0 Å². The molecule has 13 heavy (non-hydrogen) atoms. The van der Waals surface area contributed by atoms with Gasteiger partial charge in [0.05, 0.1) is 5.60 Å². The molecule has 0 aromatic rings. The van der Waals surface area contributed by atoms with Crippen LogP contribution < -0.4 is 5.32 Å². The van der Waals surface area contributed by atoms with Gasteiger partial charge in [0.25, 0.3) is 0 Å². The molecule has 80 valence electrons. The van der Waals surface area contributed by atoms with Crippen molar-refractivity contribution in [2.75, 3.05) is 13.2 Å². The lowest BCUT2D eigenvalue weighted by Gasteiger charge is -2.25. The highest BCUT2D eigenvalue weighted by Crippen LogP contribution is 2.07. The summed E-state index contributed by atoms with van der Waals surface area (Å²) in [5.74, 6) is 0. The van der Waals surface area contributed by atoms with Crippen molar-refractivity contribution in [3.05, 3.63) is 0 Å². The maximum atomic E-state index is 9.71. The van der Waals surface area contributed by atoms with E-state index >= 15 is 0 Å². The molecule has 0 saturated carbocycles. The Hall–Kier alpha value is -0.120. The molecule has 2 unspecified atom stereocenters. The van der Waals surface area contributed by atoms with E-state index in [0.29, 0.717) is 12.6 Å². The number of hydrogen-bond acceptors (Lipinski definition) is 3. The quantitative estimate of drug-likeness (QED) is 0.557. The van der Waals surface area contributed by atoms with Crippen molar-refractivity contribution in [2.45, 2.75) is 51.7 Å². The van der Waals surface area contributed by atoms with Gasteiger partial charge in [-0.3, -0.25) is 0 Å². The molecule has 0 amide bonds. The van der Waals surface area contributed by atoms with Crippen LogP contribution in [-0.2, 0) is 0 Å². The lowest BCUT2D eigenvalue weighted by atomic mass is 10.0. The maximum absolute atomic E-state index is 9.71. The molecule has 0 rings (SSSR count). The zero-order chi connectivity index (χ0) is 10.3. The maximum Gasteiger partial charge on any atom is 0.0741 e. The molecule has 0 aliphatic carbocycles. The summed E-state index contributed by atoms with van der Waals surface area (Å²) in [5.41, 5.74) is -0.622. The molecule has 3 heteroatoms. The molecule has 3 N–H and O–H groups in total. The molecule has 0 aliphatic heterocycles. The molecule has 0 saturated heterocycles. The van der Waals surface area contributed by atoms with Crippen LogP contribution in [0.15, 0.2) is 0 Å². The van der Waals surface area contributed by atoms with Gasteiger partial charge in [-0.25, -0.2) is 0 Å². The van der Waals surface area contributed by atoms with Crippen LogP contribution in [0.5, 0.6) is 0 Å². The van der Waals surface area contributed by atoms with Crippen molar-refractivity contribution in [2.24, 2.45) is 0 Å². The average molecular weight is 189 g/mol. The summed E-state index contributed by atoms with van der Waals surface area (Å²) in [6.45, 7) is 6.68. The van der Waals surface area contributed by atoms with E-state index in [4.69, 9.17) is 5.11 Å². The second-order valence-corrected chi connectivity index (χ2v) is 3.85. The zero-order valence-electron chi connectivity index (χ0n) is 9.01. The monoisotopic (exact) mass is 189 g/mol. The Balaban J connectivity index is 3.70. The standard InChI is InChI=1S/C10H23NO2/c1-4-9(6-7-12)11-8-10(3,13)5-2/h9,11-13H,4-8H2,1-3H3. The Morgan fingerprint density at radius 3 is 2.38 bits per heavy atom. The fourth-order valence-electron chi connectivity index (χ4n) is 1.10. The second-order valence-electron chi connectivity index (χ2n) is 3.85. The van der Waals surface area contributed by atoms with Gasteiger partial charge in [0.15, 0.2) is 0 Å². The summed E-state index contributed by atoms with van der Waals surface area (Å²) in [6.07, 6.45) is 2.49. The van der Waals surface area contributed by atoms with E-state index in [1.54, 1.807) is 0 Å². The Kier molecular flexibility index (Phi) is 6.29. The third-order valence-electron chi connectivity index (χ3n) is 2.50. The van der Waals surface area contributed by atoms with Crippen molar-refractivity contribution in [3.8, 4) is 0 Å².